The number of fused-ring (bicyclic) bond motifs is 1. The number of nitrogens with zero attached hydrogens (tertiary/aromatic N) is 2. The van der Waals surface area contributed by atoms with E-state index in [4.69, 9.17) is 17.3 Å². The van der Waals surface area contributed by atoms with Crippen LogP contribution in [0.4, 0.5) is 8.78 Å². The molecule has 2 aromatic carbocycles. The van der Waals surface area contributed by atoms with E-state index in [0.717, 1.165) is 6.07 Å². The fourth-order valence-electron chi connectivity index (χ4n) is 3.09. The van der Waals surface area contributed by atoms with Crippen LogP contribution in [0.25, 0.3) is 33.3 Å². The Morgan fingerprint density at radius 2 is 1.75 bits per heavy atom. The topological polar surface area (TPSA) is 68.9 Å². The number of primary amides is 1. The number of benzene rings is 2. The van der Waals surface area contributed by atoms with E-state index in [1.807, 2.05) is 0 Å². The molecule has 2 aromatic heterocycles. The number of nitrogens with two attached hydrogens (primary N) is 1. The van der Waals surface area contributed by atoms with Crippen molar-refractivity contribution in [2.75, 3.05) is 0 Å². The predicted octanol–water partition coefficient (Wildman–Crippen LogP) is 4.99. The lowest BCUT2D eigenvalue weighted by molar-refractivity contribution is 0.100. The molecule has 1 amide bonds. The van der Waals surface area contributed by atoms with Crippen LogP contribution in [0.3, 0.4) is 0 Å². The molecule has 4 nitrogen and oxygen atoms in total. The van der Waals surface area contributed by atoms with Crippen LogP contribution in [0.15, 0.2) is 60.9 Å². The first-order valence-corrected chi connectivity index (χ1v) is 8.62. The average Bonchev–Trinajstić information content (AvgIpc) is 2.70. The van der Waals surface area contributed by atoms with E-state index in [0.29, 0.717) is 33.3 Å². The maximum absolute atomic E-state index is 14.4. The van der Waals surface area contributed by atoms with E-state index >= 15 is 0 Å². The van der Waals surface area contributed by atoms with Gasteiger partial charge in [0.15, 0.2) is 0 Å². The molecule has 28 heavy (non-hydrogen) atoms. The minimum Gasteiger partial charge on any atom is -0.366 e. The normalized spacial score (nSPS) is 11.0. The Labute approximate surface area is 163 Å². The van der Waals surface area contributed by atoms with Crippen LogP contribution in [0.5, 0.6) is 0 Å². The van der Waals surface area contributed by atoms with Crippen molar-refractivity contribution in [3.8, 4) is 22.4 Å². The monoisotopic (exact) mass is 395 g/mol. The summed E-state index contributed by atoms with van der Waals surface area (Å²) in [6, 6.07) is 12.2. The quantitative estimate of drug-likeness (QED) is 0.496. The Balaban J connectivity index is 1.96. The van der Waals surface area contributed by atoms with Crippen molar-refractivity contribution in [1.29, 1.82) is 0 Å². The summed E-state index contributed by atoms with van der Waals surface area (Å²) in [4.78, 5) is 20.2. The molecule has 7 heteroatoms. The maximum Gasteiger partial charge on any atom is 0.249 e. The molecule has 0 aliphatic carbocycles. The summed E-state index contributed by atoms with van der Waals surface area (Å²) in [5.74, 6) is -2.20. The number of hydrogen-bond donors (Lipinski definition) is 1. The van der Waals surface area contributed by atoms with E-state index in [2.05, 4.69) is 9.97 Å². The van der Waals surface area contributed by atoms with Crippen molar-refractivity contribution in [2.24, 2.45) is 5.73 Å². The highest BCUT2D eigenvalue weighted by atomic mass is 35.5. The summed E-state index contributed by atoms with van der Waals surface area (Å²) in [5, 5.41) is 0.367. The first-order chi connectivity index (χ1) is 13.5. The highest BCUT2D eigenvalue weighted by Crippen LogP contribution is 2.35. The molecule has 0 aliphatic heterocycles. The van der Waals surface area contributed by atoms with Crippen molar-refractivity contribution in [2.45, 2.75) is 0 Å². The first-order valence-electron chi connectivity index (χ1n) is 8.24. The third-order valence-corrected chi connectivity index (χ3v) is 4.68. The Morgan fingerprint density at radius 3 is 2.54 bits per heavy atom. The molecule has 2 N–H and O–H groups in total. The van der Waals surface area contributed by atoms with Gasteiger partial charge in [0, 0.05) is 35.0 Å². The van der Waals surface area contributed by atoms with Crippen molar-refractivity contribution in [3.63, 3.8) is 0 Å². The molecule has 0 bridgehead atoms. The number of hydrogen-bond acceptors (Lipinski definition) is 3. The lowest BCUT2D eigenvalue weighted by Gasteiger charge is -2.12. The van der Waals surface area contributed by atoms with Gasteiger partial charge in [-0.05, 0) is 35.9 Å². The number of amides is 1. The average molecular weight is 396 g/mol. The highest BCUT2D eigenvalue weighted by Gasteiger charge is 2.17. The Bertz CT molecular complexity index is 1240. The fourth-order valence-corrected chi connectivity index (χ4v) is 3.25. The molecule has 0 unspecified atom stereocenters. The third kappa shape index (κ3) is 3.08. The van der Waals surface area contributed by atoms with Crippen LogP contribution < -0.4 is 5.73 Å². The zero-order valence-corrected chi connectivity index (χ0v) is 15.0. The molecule has 138 valence electrons. The molecule has 0 saturated heterocycles. The summed E-state index contributed by atoms with van der Waals surface area (Å²) >= 11 is 5.84. The third-order valence-electron chi connectivity index (χ3n) is 4.39. The molecular weight excluding hydrogens is 384 g/mol. The second-order valence-electron chi connectivity index (χ2n) is 6.10. The molecule has 0 atom stereocenters. The molecule has 4 aromatic rings. The Morgan fingerprint density at radius 1 is 0.929 bits per heavy atom. The van der Waals surface area contributed by atoms with Crippen molar-refractivity contribution >= 4 is 28.4 Å². The van der Waals surface area contributed by atoms with Crippen LogP contribution >= 0.6 is 11.6 Å². The van der Waals surface area contributed by atoms with E-state index < -0.39 is 17.5 Å². The molecule has 0 saturated carbocycles. The lowest BCUT2D eigenvalue weighted by atomic mass is 9.96. The molecule has 4 rings (SSSR count). The summed E-state index contributed by atoms with van der Waals surface area (Å²) < 4.78 is 28.0. The van der Waals surface area contributed by atoms with E-state index in [1.165, 1.54) is 24.5 Å². The second kappa shape index (κ2) is 6.98. The van der Waals surface area contributed by atoms with Crippen molar-refractivity contribution in [1.82, 2.24) is 9.97 Å². The van der Waals surface area contributed by atoms with Crippen LogP contribution in [-0.2, 0) is 0 Å². The molecule has 0 radical (unpaired) electrons. The predicted molar refractivity (Wildman–Crippen MR) is 104 cm³/mol. The minimum absolute atomic E-state index is 0.0726. The van der Waals surface area contributed by atoms with Gasteiger partial charge in [-0.2, -0.15) is 0 Å². The molecule has 0 aliphatic rings. The number of pyridine rings is 2. The van der Waals surface area contributed by atoms with E-state index in [9.17, 15) is 13.6 Å². The minimum atomic E-state index is -0.844. The van der Waals surface area contributed by atoms with Crippen LogP contribution in [0, 0.1) is 11.6 Å². The first kappa shape index (κ1) is 18.0. The Kier molecular flexibility index (Phi) is 4.49. The van der Waals surface area contributed by atoms with Crippen molar-refractivity contribution < 1.29 is 13.6 Å². The van der Waals surface area contributed by atoms with Gasteiger partial charge in [0.25, 0.3) is 0 Å². The summed E-state index contributed by atoms with van der Waals surface area (Å²) in [7, 11) is 0. The van der Waals surface area contributed by atoms with Crippen molar-refractivity contribution in [3.05, 3.63) is 83.1 Å². The van der Waals surface area contributed by atoms with Gasteiger partial charge in [-0.15, -0.1) is 0 Å². The van der Waals surface area contributed by atoms with Gasteiger partial charge in [0.05, 0.1) is 21.8 Å². The number of carbonyl (C=O) groups excluding carboxylic acids is 1. The van der Waals surface area contributed by atoms with Gasteiger partial charge in [0.2, 0.25) is 5.91 Å². The number of aromatic nitrogens is 2. The molecule has 2 heterocycles. The van der Waals surface area contributed by atoms with Gasteiger partial charge in [0.1, 0.15) is 11.6 Å². The van der Waals surface area contributed by atoms with Crippen LogP contribution in [0.1, 0.15) is 10.4 Å². The molecule has 0 spiro atoms. The summed E-state index contributed by atoms with van der Waals surface area (Å²) in [5.41, 5.74) is 8.02. The highest BCUT2D eigenvalue weighted by molar-refractivity contribution is 6.31. The van der Waals surface area contributed by atoms with Gasteiger partial charge in [-0.3, -0.25) is 14.8 Å². The summed E-state index contributed by atoms with van der Waals surface area (Å²) in [6.07, 6.45) is 3.01. The fraction of sp³-hybridized carbons (Fsp3) is 0. The van der Waals surface area contributed by atoms with Crippen LogP contribution in [0.2, 0.25) is 5.02 Å². The number of carbonyl (C=O) groups is 1. The SMILES string of the molecule is NC(=O)c1ccnc2ccc(-c3cccnc3-c3cc(Cl)c(F)cc3F)cc12. The van der Waals surface area contributed by atoms with Gasteiger partial charge < -0.3 is 5.73 Å². The van der Waals surface area contributed by atoms with Gasteiger partial charge in [-0.1, -0.05) is 23.7 Å². The molecule has 0 fully saturated rings. The molecular formula is C21H12ClF2N3O. The lowest BCUT2D eigenvalue weighted by Crippen LogP contribution is -2.11. The zero-order chi connectivity index (χ0) is 19.8. The van der Waals surface area contributed by atoms with Crippen LogP contribution in [-0.4, -0.2) is 15.9 Å². The largest absolute Gasteiger partial charge is 0.366 e. The standard InChI is InChI=1S/C21H12ClF2N3O/c22-16-9-15(17(23)10-18(16)24)20-12(2-1-6-27-20)11-3-4-19-14(8-11)13(21(25)28)5-7-26-19/h1-10H,(H2,25,28). The summed E-state index contributed by atoms with van der Waals surface area (Å²) in [6.45, 7) is 0. The van der Waals surface area contributed by atoms with E-state index in [-0.39, 0.29) is 10.6 Å². The number of rotatable bonds is 3. The number of halogens is 3. The Hall–Kier alpha value is -3.38. The smallest absolute Gasteiger partial charge is 0.249 e. The second-order valence-corrected chi connectivity index (χ2v) is 6.51. The van der Waals surface area contributed by atoms with Gasteiger partial charge in [-0.25, -0.2) is 8.78 Å². The van der Waals surface area contributed by atoms with Gasteiger partial charge >= 0.3 is 0 Å². The maximum atomic E-state index is 14.4. The van der Waals surface area contributed by atoms with E-state index in [1.54, 1.807) is 30.3 Å². The zero-order valence-electron chi connectivity index (χ0n) is 14.3.